The summed E-state index contributed by atoms with van der Waals surface area (Å²) in [6.07, 6.45) is 3.47. The molecule has 3 aromatic rings. The van der Waals surface area contributed by atoms with Crippen LogP contribution in [-0.2, 0) is 16.6 Å². The van der Waals surface area contributed by atoms with Crippen LogP contribution in [0.25, 0.3) is 5.69 Å². The van der Waals surface area contributed by atoms with E-state index < -0.39 is 11.9 Å². The quantitative estimate of drug-likeness (QED) is 0.715. The average molecular weight is 339 g/mol. The van der Waals surface area contributed by atoms with Crippen molar-refractivity contribution in [2.75, 3.05) is 11.9 Å². The number of nitrogens with one attached hydrogen (secondary N) is 1. The maximum atomic E-state index is 12.0. The second kappa shape index (κ2) is 7.00. The van der Waals surface area contributed by atoms with Crippen molar-refractivity contribution in [2.45, 2.75) is 6.92 Å². The number of amides is 1. The Hall–Kier alpha value is -3.42. The summed E-state index contributed by atoms with van der Waals surface area (Å²) < 4.78 is 8.26. The molecule has 1 aromatic carbocycles. The fraction of sp³-hybridized carbons (Fsp3) is 0.176. The van der Waals surface area contributed by atoms with E-state index in [9.17, 15) is 9.59 Å². The normalized spacial score (nSPS) is 10.5. The maximum Gasteiger partial charge on any atom is 0.338 e. The number of benzene rings is 1. The van der Waals surface area contributed by atoms with Crippen molar-refractivity contribution in [3.05, 3.63) is 60.0 Å². The molecule has 0 saturated carbocycles. The van der Waals surface area contributed by atoms with E-state index in [1.54, 1.807) is 59.1 Å². The van der Waals surface area contributed by atoms with Crippen LogP contribution in [0.3, 0.4) is 0 Å². The number of ether oxygens (including phenoxy) is 1. The van der Waals surface area contributed by atoms with Gasteiger partial charge in [-0.1, -0.05) is 0 Å². The van der Waals surface area contributed by atoms with Gasteiger partial charge in [0, 0.05) is 25.5 Å². The minimum absolute atomic E-state index is 0.361. The van der Waals surface area contributed by atoms with Gasteiger partial charge in [0.05, 0.1) is 16.9 Å². The molecular formula is C17H17N5O3. The minimum Gasteiger partial charge on any atom is -0.452 e. The van der Waals surface area contributed by atoms with Gasteiger partial charge in [0.1, 0.15) is 5.82 Å². The van der Waals surface area contributed by atoms with Gasteiger partial charge in [-0.2, -0.15) is 10.2 Å². The summed E-state index contributed by atoms with van der Waals surface area (Å²) in [6, 6.07) is 10.3. The molecule has 8 heteroatoms. The Bertz CT molecular complexity index is 882. The number of carbonyl (C=O) groups is 2. The van der Waals surface area contributed by atoms with E-state index in [4.69, 9.17) is 4.74 Å². The number of hydrogen-bond acceptors (Lipinski definition) is 5. The molecular weight excluding hydrogens is 322 g/mol. The van der Waals surface area contributed by atoms with Crippen LogP contribution >= 0.6 is 0 Å². The first-order valence-electron chi connectivity index (χ1n) is 7.60. The molecule has 1 amide bonds. The van der Waals surface area contributed by atoms with E-state index in [0.717, 1.165) is 11.4 Å². The number of aryl methyl sites for hydroxylation is 2. The molecule has 0 radical (unpaired) electrons. The van der Waals surface area contributed by atoms with Gasteiger partial charge < -0.3 is 10.1 Å². The van der Waals surface area contributed by atoms with Gasteiger partial charge in [-0.3, -0.25) is 9.48 Å². The van der Waals surface area contributed by atoms with Crippen molar-refractivity contribution in [3.63, 3.8) is 0 Å². The summed E-state index contributed by atoms with van der Waals surface area (Å²) in [5.74, 6) is -0.449. The fourth-order valence-electron chi connectivity index (χ4n) is 2.29. The lowest BCUT2D eigenvalue weighted by Crippen LogP contribution is -2.22. The zero-order chi connectivity index (χ0) is 17.8. The molecule has 128 valence electrons. The Balaban J connectivity index is 1.55. The monoisotopic (exact) mass is 339 g/mol. The van der Waals surface area contributed by atoms with Crippen molar-refractivity contribution in [1.29, 1.82) is 0 Å². The van der Waals surface area contributed by atoms with Crippen LogP contribution < -0.4 is 5.32 Å². The Labute approximate surface area is 144 Å². The molecule has 3 rings (SSSR count). The number of carbonyl (C=O) groups excluding carboxylic acids is 2. The third-order valence-corrected chi connectivity index (χ3v) is 3.48. The van der Waals surface area contributed by atoms with Crippen LogP contribution in [0.5, 0.6) is 0 Å². The Morgan fingerprint density at radius 2 is 2.00 bits per heavy atom. The van der Waals surface area contributed by atoms with Crippen molar-refractivity contribution in [2.24, 2.45) is 7.05 Å². The molecule has 0 fully saturated rings. The van der Waals surface area contributed by atoms with Gasteiger partial charge in [-0.15, -0.1) is 0 Å². The molecule has 0 atom stereocenters. The van der Waals surface area contributed by atoms with Crippen molar-refractivity contribution in [3.8, 4) is 5.69 Å². The number of aromatic nitrogens is 4. The number of hydrogen-bond donors (Lipinski definition) is 1. The van der Waals surface area contributed by atoms with Gasteiger partial charge in [-0.25, -0.2) is 9.48 Å². The first kappa shape index (κ1) is 16.4. The van der Waals surface area contributed by atoms with Crippen molar-refractivity contribution in [1.82, 2.24) is 19.6 Å². The Morgan fingerprint density at radius 3 is 2.60 bits per heavy atom. The third kappa shape index (κ3) is 3.92. The maximum absolute atomic E-state index is 12.0. The molecule has 0 aliphatic heterocycles. The number of esters is 1. The van der Waals surface area contributed by atoms with Crippen molar-refractivity contribution < 1.29 is 14.3 Å². The smallest absolute Gasteiger partial charge is 0.338 e. The summed E-state index contributed by atoms with van der Waals surface area (Å²) in [5, 5.41) is 10.9. The van der Waals surface area contributed by atoms with Gasteiger partial charge in [0.15, 0.2) is 6.61 Å². The predicted molar refractivity (Wildman–Crippen MR) is 90.4 cm³/mol. The van der Waals surface area contributed by atoms with Crippen LogP contribution in [0.4, 0.5) is 5.82 Å². The summed E-state index contributed by atoms with van der Waals surface area (Å²) in [5.41, 5.74) is 1.97. The zero-order valence-electron chi connectivity index (χ0n) is 13.8. The second-order valence-electron chi connectivity index (χ2n) is 5.42. The molecule has 0 bridgehead atoms. The van der Waals surface area contributed by atoms with E-state index in [0.29, 0.717) is 11.4 Å². The molecule has 1 N–H and O–H groups in total. The molecule has 0 saturated heterocycles. The van der Waals surface area contributed by atoms with Crippen LogP contribution in [0.2, 0.25) is 0 Å². The highest BCUT2D eigenvalue weighted by Gasteiger charge is 2.12. The molecule has 2 heterocycles. The summed E-state index contributed by atoms with van der Waals surface area (Å²) in [6.45, 7) is 1.45. The van der Waals surface area contributed by atoms with Gasteiger partial charge in [-0.05, 0) is 37.3 Å². The van der Waals surface area contributed by atoms with Gasteiger partial charge in [0.25, 0.3) is 5.91 Å². The predicted octanol–water partition coefficient (Wildman–Crippen LogP) is 1.71. The molecule has 8 nitrogen and oxygen atoms in total. The molecule has 0 unspecified atom stereocenters. The molecule has 0 aliphatic rings. The summed E-state index contributed by atoms with van der Waals surface area (Å²) in [4.78, 5) is 23.9. The summed E-state index contributed by atoms with van der Waals surface area (Å²) >= 11 is 0. The number of rotatable bonds is 5. The Morgan fingerprint density at radius 1 is 1.24 bits per heavy atom. The first-order valence-corrected chi connectivity index (χ1v) is 7.60. The molecule has 25 heavy (non-hydrogen) atoms. The van der Waals surface area contributed by atoms with Crippen LogP contribution in [0.15, 0.2) is 48.8 Å². The van der Waals surface area contributed by atoms with Gasteiger partial charge >= 0.3 is 5.97 Å². The lowest BCUT2D eigenvalue weighted by Gasteiger charge is -2.07. The molecule has 2 aromatic heterocycles. The van der Waals surface area contributed by atoms with E-state index in [2.05, 4.69) is 15.5 Å². The average Bonchev–Trinajstić information content (AvgIpc) is 3.23. The van der Waals surface area contributed by atoms with Crippen LogP contribution in [0, 0.1) is 6.92 Å². The van der Waals surface area contributed by atoms with Crippen molar-refractivity contribution >= 4 is 17.7 Å². The highest BCUT2D eigenvalue weighted by Crippen LogP contribution is 2.10. The minimum atomic E-state index is -0.566. The third-order valence-electron chi connectivity index (χ3n) is 3.48. The lowest BCUT2D eigenvalue weighted by molar-refractivity contribution is -0.119. The van der Waals surface area contributed by atoms with E-state index in [-0.39, 0.29) is 6.61 Å². The van der Waals surface area contributed by atoms with Gasteiger partial charge in [0.2, 0.25) is 0 Å². The fourth-order valence-corrected chi connectivity index (χ4v) is 2.29. The van der Waals surface area contributed by atoms with E-state index in [1.807, 2.05) is 13.0 Å². The lowest BCUT2D eigenvalue weighted by atomic mass is 10.2. The SMILES string of the molecule is Cc1cc(NC(=O)COC(=O)c2ccc(-n3cccn3)cc2)n(C)n1. The highest BCUT2D eigenvalue weighted by molar-refractivity contribution is 5.95. The van der Waals surface area contributed by atoms with Crippen LogP contribution in [0.1, 0.15) is 16.1 Å². The number of anilines is 1. The second-order valence-corrected chi connectivity index (χ2v) is 5.42. The standard InChI is InChI=1S/C17H17N5O3/c1-12-10-15(21(2)20-12)19-16(23)11-25-17(24)13-4-6-14(7-5-13)22-9-3-8-18-22/h3-10H,11H2,1-2H3,(H,19,23). The van der Waals surface area contributed by atoms with E-state index >= 15 is 0 Å². The Kier molecular flexibility index (Phi) is 4.60. The number of nitrogens with zero attached hydrogens (tertiary/aromatic N) is 4. The highest BCUT2D eigenvalue weighted by atomic mass is 16.5. The first-order chi connectivity index (χ1) is 12.0. The van der Waals surface area contributed by atoms with Crippen LogP contribution in [-0.4, -0.2) is 38.0 Å². The zero-order valence-corrected chi connectivity index (χ0v) is 13.8. The topological polar surface area (TPSA) is 91.0 Å². The molecule has 0 aliphatic carbocycles. The molecule has 0 spiro atoms. The largest absolute Gasteiger partial charge is 0.452 e. The van der Waals surface area contributed by atoms with E-state index in [1.165, 1.54) is 0 Å². The summed E-state index contributed by atoms with van der Waals surface area (Å²) in [7, 11) is 1.72.